The summed E-state index contributed by atoms with van der Waals surface area (Å²) in [6.45, 7) is 6.36. The van der Waals surface area contributed by atoms with Crippen LogP contribution in [0.1, 0.15) is 6.92 Å². The van der Waals surface area contributed by atoms with Crippen LogP contribution in [-0.2, 0) is 9.47 Å². The maximum absolute atomic E-state index is 8.56. The molecule has 0 aromatic carbocycles. The number of ether oxygens (including phenoxy) is 2. The van der Waals surface area contributed by atoms with Gasteiger partial charge in [0.2, 0.25) is 0 Å². The lowest BCUT2D eigenvalue weighted by Gasteiger charge is -2.37. The molecule has 5 heteroatoms. The number of aliphatic hydroxyl groups excluding tert-OH is 1. The Morgan fingerprint density at radius 3 is 3.00 bits per heavy atom. The molecule has 0 aliphatic carbocycles. The molecule has 0 bridgehead atoms. The molecule has 2 atom stereocenters. The van der Waals surface area contributed by atoms with Gasteiger partial charge >= 0.3 is 0 Å². The molecule has 90 valence electrons. The molecule has 0 saturated carbocycles. The minimum absolute atomic E-state index is 0.0874. The molecule has 1 heterocycles. The monoisotopic (exact) mass is 218 g/mol. The Morgan fingerprint density at radius 1 is 1.53 bits per heavy atom. The molecule has 0 aromatic rings. The van der Waals surface area contributed by atoms with Crippen LogP contribution in [0.15, 0.2) is 0 Å². The topological polar surface area (TPSA) is 68.0 Å². The summed E-state index contributed by atoms with van der Waals surface area (Å²) in [7, 11) is 0. The molecule has 5 nitrogen and oxygen atoms in total. The molecule has 1 saturated heterocycles. The van der Waals surface area contributed by atoms with Gasteiger partial charge in [-0.3, -0.25) is 4.90 Å². The number of nitrogens with zero attached hydrogens (tertiary/aromatic N) is 1. The molecule has 0 radical (unpaired) electrons. The van der Waals surface area contributed by atoms with E-state index in [2.05, 4.69) is 11.8 Å². The van der Waals surface area contributed by atoms with Crippen molar-refractivity contribution in [3.63, 3.8) is 0 Å². The van der Waals surface area contributed by atoms with Crippen molar-refractivity contribution in [3.05, 3.63) is 0 Å². The summed E-state index contributed by atoms with van der Waals surface area (Å²) in [6.07, 6.45) is 0.152. The van der Waals surface area contributed by atoms with Gasteiger partial charge in [-0.25, -0.2) is 0 Å². The molecular formula is C10H22N2O3. The Balaban J connectivity index is 2.19. The molecule has 0 aromatic heterocycles. The second kappa shape index (κ2) is 7.14. The van der Waals surface area contributed by atoms with Crippen LogP contribution in [0.25, 0.3) is 0 Å². The lowest BCUT2D eigenvalue weighted by Crippen LogP contribution is -2.51. The van der Waals surface area contributed by atoms with Gasteiger partial charge in [0.05, 0.1) is 32.5 Å². The highest BCUT2D eigenvalue weighted by molar-refractivity contribution is 4.77. The van der Waals surface area contributed by atoms with Crippen molar-refractivity contribution in [2.24, 2.45) is 5.73 Å². The maximum atomic E-state index is 8.56. The van der Waals surface area contributed by atoms with E-state index >= 15 is 0 Å². The van der Waals surface area contributed by atoms with Crippen LogP contribution in [0, 0.1) is 0 Å². The van der Waals surface area contributed by atoms with Gasteiger partial charge in [0.25, 0.3) is 0 Å². The largest absolute Gasteiger partial charge is 0.394 e. The Hall–Kier alpha value is -0.200. The average Bonchev–Trinajstić information content (AvgIpc) is 2.26. The standard InChI is InChI=1S/C10H22N2O3/c1-9-8-15-10(6-11)7-12(9)2-4-14-5-3-13/h9-10,13H,2-8,11H2,1H3. The van der Waals surface area contributed by atoms with E-state index in [4.69, 9.17) is 20.3 Å². The minimum Gasteiger partial charge on any atom is -0.394 e. The molecule has 1 fully saturated rings. The molecule has 15 heavy (non-hydrogen) atoms. The van der Waals surface area contributed by atoms with E-state index in [0.717, 1.165) is 19.7 Å². The summed E-state index contributed by atoms with van der Waals surface area (Å²) >= 11 is 0. The van der Waals surface area contributed by atoms with Crippen molar-refractivity contribution < 1.29 is 14.6 Å². The fraction of sp³-hybridized carbons (Fsp3) is 1.00. The summed E-state index contributed by atoms with van der Waals surface area (Å²) in [5.41, 5.74) is 5.57. The molecule has 1 rings (SSSR count). The Bertz CT molecular complexity index is 169. The zero-order chi connectivity index (χ0) is 11.1. The molecular weight excluding hydrogens is 196 g/mol. The molecule has 2 unspecified atom stereocenters. The number of hydrogen-bond acceptors (Lipinski definition) is 5. The van der Waals surface area contributed by atoms with Crippen molar-refractivity contribution in [1.29, 1.82) is 0 Å². The second-order valence-corrected chi connectivity index (χ2v) is 3.87. The zero-order valence-electron chi connectivity index (χ0n) is 9.39. The van der Waals surface area contributed by atoms with E-state index in [1.807, 2.05) is 0 Å². The lowest BCUT2D eigenvalue weighted by molar-refractivity contribution is -0.0615. The number of morpholine rings is 1. The lowest BCUT2D eigenvalue weighted by atomic mass is 10.2. The van der Waals surface area contributed by atoms with Gasteiger partial charge in [0, 0.05) is 25.7 Å². The van der Waals surface area contributed by atoms with E-state index in [0.29, 0.717) is 25.8 Å². The third-order valence-corrected chi connectivity index (χ3v) is 2.66. The van der Waals surface area contributed by atoms with Crippen LogP contribution in [0.5, 0.6) is 0 Å². The van der Waals surface area contributed by atoms with Crippen molar-refractivity contribution in [1.82, 2.24) is 4.90 Å². The first-order chi connectivity index (χ1) is 7.27. The fourth-order valence-corrected chi connectivity index (χ4v) is 1.68. The molecule has 3 N–H and O–H groups in total. The summed E-state index contributed by atoms with van der Waals surface area (Å²) in [6, 6.07) is 0.422. The van der Waals surface area contributed by atoms with Gasteiger partial charge in [0.15, 0.2) is 0 Å². The first-order valence-electron chi connectivity index (χ1n) is 5.52. The van der Waals surface area contributed by atoms with E-state index < -0.39 is 0 Å². The van der Waals surface area contributed by atoms with Crippen molar-refractivity contribution in [2.75, 3.05) is 46.1 Å². The van der Waals surface area contributed by atoms with Crippen LogP contribution in [0.2, 0.25) is 0 Å². The molecule has 1 aliphatic rings. The van der Waals surface area contributed by atoms with Crippen LogP contribution in [0.3, 0.4) is 0 Å². The quantitative estimate of drug-likeness (QED) is 0.562. The Labute approximate surface area is 91.1 Å². The van der Waals surface area contributed by atoms with E-state index in [1.165, 1.54) is 0 Å². The highest BCUT2D eigenvalue weighted by Gasteiger charge is 2.24. The van der Waals surface area contributed by atoms with Crippen molar-refractivity contribution in [2.45, 2.75) is 19.1 Å². The summed E-state index contributed by atoms with van der Waals surface area (Å²) in [5, 5.41) is 8.56. The van der Waals surface area contributed by atoms with E-state index in [9.17, 15) is 0 Å². The second-order valence-electron chi connectivity index (χ2n) is 3.87. The van der Waals surface area contributed by atoms with Gasteiger partial charge in [-0.2, -0.15) is 0 Å². The van der Waals surface area contributed by atoms with Gasteiger partial charge < -0.3 is 20.3 Å². The summed E-state index contributed by atoms with van der Waals surface area (Å²) < 4.78 is 10.8. The first-order valence-corrected chi connectivity index (χ1v) is 5.52. The Kier molecular flexibility index (Phi) is 6.12. The van der Waals surface area contributed by atoms with Crippen LogP contribution in [-0.4, -0.2) is 68.2 Å². The first kappa shape index (κ1) is 12.9. The molecule has 1 aliphatic heterocycles. The third kappa shape index (κ3) is 4.44. The number of rotatable bonds is 6. The Morgan fingerprint density at radius 2 is 2.33 bits per heavy atom. The van der Waals surface area contributed by atoms with Crippen LogP contribution >= 0.6 is 0 Å². The average molecular weight is 218 g/mol. The zero-order valence-corrected chi connectivity index (χ0v) is 9.39. The van der Waals surface area contributed by atoms with Crippen molar-refractivity contribution in [3.8, 4) is 0 Å². The van der Waals surface area contributed by atoms with Gasteiger partial charge in [0.1, 0.15) is 0 Å². The van der Waals surface area contributed by atoms with E-state index in [-0.39, 0.29) is 12.7 Å². The molecule has 0 spiro atoms. The predicted molar refractivity (Wildman–Crippen MR) is 57.7 cm³/mol. The summed E-state index contributed by atoms with van der Waals surface area (Å²) in [4.78, 5) is 2.32. The van der Waals surface area contributed by atoms with Gasteiger partial charge in [-0.1, -0.05) is 0 Å². The van der Waals surface area contributed by atoms with E-state index in [1.54, 1.807) is 0 Å². The van der Waals surface area contributed by atoms with Gasteiger partial charge in [-0.15, -0.1) is 0 Å². The van der Waals surface area contributed by atoms with Crippen molar-refractivity contribution >= 4 is 0 Å². The molecule has 0 amide bonds. The van der Waals surface area contributed by atoms with Crippen LogP contribution in [0.4, 0.5) is 0 Å². The highest BCUT2D eigenvalue weighted by atomic mass is 16.5. The van der Waals surface area contributed by atoms with Crippen LogP contribution < -0.4 is 5.73 Å². The number of hydrogen-bond donors (Lipinski definition) is 2. The predicted octanol–water partition coefficient (Wildman–Crippen LogP) is -0.957. The highest BCUT2D eigenvalue weighted by Crippen LogP contribution is 2.10. The van der Waals surface area contributed by atoms with Gasteiger partial charge in [-0.05, 0) is 6.92 Å². The number of aliphatic hydroxyl groups is 1. The SMILES string of the molecule is CC1COC(CN)CN1CCOCCO. The fourth-order valence-electron chi connectivity index (χ4n) is 1.68. The summed E-state index contributed by atoms with van der Waals surface area (Å²) in [5.74, 6) is 0. The minimum atomic E-state index is 0.0874. The maximum Gasteiger partial charge on any atom is 0.0824 e. The smallest absolute Gasteiger partial charge is 0.0824 e. The number of nitrogens with two attached hydrogens (primary N) is 1. The normalized spacial score (nSPS) is 28.2. The third-order valence-electron chi connectivity index (χ3n) is 2.66.